The van der Waals surface area contributed by atoms with Crippen LogP contribution in [0.3, 0.4) is 0 Å². The molecule has 1 rings (SSSR count). The molecule has 0 spiro atoms. The molecule has 1 aromatic carbocycles. The van der Waals surface area contributed by atoms with Gasteiger partial charge >= 0.3 is 0 Å². The van der Waals surface area contributed by atoms with E-state index in [-0.39, 0.29) is 6.04 Å². The van der Waals surface area contributed by atoms with Crippen LogP contribution in [0.25, 0.3) is 0 Å². The van der Waals surface area contributed by atoms with Gasteiger partial charge in [-0.05, 0) is 36.7 Å². The van der Waals surface area contributed by atoms with E-state index in [1.165, 1.54) is 0 Å². The van der Waals surface area contributed by atoms with Gasteiger partial charge in [-0.2, -0.15) is 0 Å². The first-order valence-corrected chi connectivity index (χ1v) is 6.29. The molecule has 0 heterocycles. The first-order valence-electron chi connectivity index (χ1n) is 5.49. The molecule has 0 aromatic heterocycles. The van der Waals surface area contributed by atoms with Gasteiger partial charge in [0.25, 0.3) is 0 Å². The third-order valence-electron chi connectivity index (χ3n) is 2.46. The molecule has 3 nitrogen and oxygen atoms in total. The minimum atomic E-state index is 0.171. The predicted octanol–water partition coefficient (Wildman–Crippen LogP) is 2.46. The summed E-state index contributed by atoms with van der Waals surface area (Å²) in [6.07, 6.45) is 1.10. The lowest BCUT2D eigenvalue weighted by molar-refractivity contribution is 0.412. The predicted molar refractivity (Wildman–Crippen MR) is 70.8 cm³/mol. The minimum Gasteiger partial charge on any atom is -0.497 e. The maximum Gasteiger partial charge on any atom is 0.119 e. The molecule has 0 amide bonds. The zero-order chi connectivity index (χ0) is 12.0. The summed E-state index contributed by atoms with van der Waals surface area (Å²) in [5.41, 5.74) is 6.93. The molecule has 0 aliphatic rings. The van der Waals surface area contributed by atoms with Crippen LogP contribution in [0.1, 0.15) is 24.9 Å². The van der Waals surface area contributed by atoms with Gasteiger partial charge in [0.15, 0.2) is 0 Å². The fraction of sp³-hybridized carbons (Fsp3) is 0.500. The largest absolute Gasteiger partial charge is 0.497 e. The van der Waals surface area contributed by atoms with E-state index in [2.05, 4.69) is 28.2 Å². The lowest BCUT2D eigenvalue weighted by atomic mass is 10.1. The molecule has 0 aliphatic heterocycles. The third-order valence-corrected chi connectivity index (χ3v) is 3.18. The highest BCUT2D eigenvalue weighted by atomic mass is 79.9. The van der Waals surface area contributed by atoms with E-state index in [1.807, 2.05) is 18.2 Å². The molecule has 0 radical (unpaired) electrons. The van der Waals surface area contributed by atoms with E-state index in [0.717, 1.165) is 28.8 Å². The fourth-order valence-corrected chi connectivity index (χ4v) is 2.08. The molecule has 3 N–H and O–H groups in total. The van der Waals surface area contributed by atoms with Crippen molar-refractivity contribution in [2.45, 2.75) is 19.4 Å². The van der Waals surface area contributed by atoms with Crippen LogP contribution in [0.2, 0.25) is 0 Å². The van der Waals surface area contributed by atoms with E-state index in [0.29, 0.717) is 6.54 Å². The number of halogens is 1. The molecule has 1 aromatic rings. The minimum absolute atomic E-state index is 0.171. The Kier molecular flexibility index (Phi) is 5.80. The second kappa shape index (κ2) is 6.89. The van der Waals surface area contributed by atoms with Crippen LogP contribution in [0, 0.1) is 0 Å². The molecule has 90 valence electrons. The molecule has 0 aliphatic carbocycles. The second-order valence-corrected chi connectivity index (χ2v) is 4.48. The highest BCUT2D eigenvalue weighted by Crippen LogP contribution is 2.27. The fourth-order valence-electron chi connectivity index (χ4n) is 1.55. The monoisotopic (exact) mass is 286 g/mol. The molecule has 0 bridgehead atoms. The second-order valence-electron chi connectivity index (χ2n) is 3.63. The van der Waals surface area contributed by atoms with Crippen LogP contribution in [0.5, 0.6) is 5.75 Å². The van der Waals surface area contributed by atoms with E-state index in [9.17, 15) is 0 Å². The smallest absolute Gasteiger partial charge is 0.119 e. The number of benzene rings is 1. The average Bonchev–Trinajstić information content (AvgIpc) is 2.32. The Balaban J connectivity index is 2.89. The molecule has 0 saturated carbocycles. The average molecular weight is 287 g/mol. The molecule has 0 saturated heterocycles. The van der Waals surface area contributed by atoms with Gasteiger partial charge in [-0.1, -0.05) is 22.9 Å². The summed E-state index contributed by atoms with van der Waals surface area (Å²) in [6.45, 7) is 3.68. The topological polar surface area (TPSA) is 47.3 Å². The first kappa shape index (κ1) is 13.5. The highest BCUT2D eigenvalue weighted by Gasteiger charge is 2.12. The number of ether oxygens (including phenoxy) is 1. The Morgan fingerprint density at radius 1 is 1.50 bits per heavy atom. The number of methoxy groups -OCH3 is 1. The van der Waals surface area contributed by atoms with Crippen LogP contribution in [-0.2, 0) is 0 Å². The quantitative estimate of drug-likeness (QED) is 0.845. The normalized spacial score (nSPS) is 12.5. The van der Waals surface area contributed by atoms with E-state index < -0.39 is 0 Å². The molecular formula is C12H19BrN2O. The number of hydrogen-bond acceptors (Lipinski definition) is 3. The molecule has 1 atom stereocenters. The Hall–Kier alpha value is -0.580. The molecule has 1 unspecified atom stereocenters. The van der Waals surface area contributed by atoms with Gasteiger partial charge in [-0.25, -0.2) is 0 Å². The Morgan fingerprint density at radius 3 is 2.81 bits per heavy atom. The zero-order valence-electron chi connectivity index (χ0n) is 9.79. The summed E-state index contributed by atoms with van der Waals surface area (Å²) in [5, 5.41) is 3.42. The van der Waals surface area contributed by atoms with Crippen molar-refractivity contribution in [1.82, 2.24) is 5.32 Å². The van der Waals surface area contributed by atoms with Gasteiger partial charge in [0.1, 0.15) is 5.75 Å². The van der Waals surface area contributed by atoms with Gasteiger partial charge in [0, 0.05) is 17.1 Å². The summed E-state index contributed by atoms with van der Waals surface area (Å²) >= 11 is 3.54. The zero-order valence-corrected chi connectivity index (χ0v) is 11.4. The van der Waals surface area contributed by atoms with Crippen LogP contribution in [0.15, 0.2) is 22.7 Å². The lowest BCUT2D eigenvalue weighted by Crippen LogP contribution is -2.29. The van der Waals surface area contributed by atoms with Crippen molar-refractivity contribution in [3.8, 4) is 5.75 Å². The van der Waals surface area contributed by atoms with Gasteiger partial charge in [0.2, 0.25) is 0 Å². The van der Waals surface area contributed by atoms with E-state index >= 15 is 0 Å². The van der Waals surface area contributed by atoms with Crippen LogP contribution >= 0.6 is 15.9 Å². The molecule has 4 heteroatoms. The van der Waals surface area contributed by atoms with Crippen LogP contribution < -0.4 is 15.8 Å². The van der Waals surface area contributed by atoms with Crippen molar-refractivity contribution < 1.29 is 4.74 Å². The van der Waals surface area contributed by atoms with Crippen molar-refractivity contribution in [2.24, 2.45) is 5.73 Å². The highest BCUT2D eigenvalue weighted by molar-refractivity contribution is 9.10. The Labute approximate surface area is 105 Å². The Morgan fingerprint density at radius 2 is 2.25 bits per heavy atom. The van der Waals surface area contributed by atoms with Gasteiger partial charge in [-0.15, -0.1) is 0 Å². The van der Waals surface area contributed by atoms with Crippen molar-refractivity contribution in [3.63, 3.8) is 0 Å². The maximum atomic E-state index is 5.78. The number of rotatable bonds is 6. The summed E-state index contributed by atoms with van der Waals surface area (Å²) in [5.74, 6) is 0.856. The first-order chi connectivity index (χ1) is 7.72. The maximum absolute atomic E-state index is 5.78. The van der Waals surface area contributed by atoms with Crippen molar-refractivity contribution in [3.05, 3.63) is 28.2 Å². The van der Waals surface area contributed by atoms with E-state index in [1.54, 1.807) is 7.11 Å². The standard InChI is InChI=1S/C12H19BrN2O/c1-3-6-15-12(8-14)10-7-9(16-2)4-5-11(10)13/h4-5,7,12,15H,3,6,8,14H2,1-2H3. The third kappa shape index (κ3) is 3.47. The number of nitrogens with two attached hydrogens (primary N) is 1. The summed E-state index contributed by atoms with van der Waals surface area (Å²) in [6, 6.07) is 6.11. The van der Waals surface area contributed by atoms with E-state index in [4.69, 9.17) is 10.5 Å². The van der Waals surface area contributed by atoms with Crippen molar-refractivity contribution in [1.29, 1.82) is 0 Å². The van der Waals surface area contributed by atoms with Crippen molar-refractivity contribution >= 4 is 15.9 Å². The molecule has 0 fully saturated rings. The SMILES string of the molecule is CCCNC(CN)c1cc(OC)ccc1Br. The van der Waals surface area contributed by atoms with Gasteiger partial charge < -0.3 is 15.8 Å². The summed E-state index contributed by atoms with van der Waals surface area (Å²) < 4.78 is 6.28. The van der Waals surface area contributed by atoms with Gasteiger partial charge in [0.05, 0.1) is 7.11 Å². The number of nitrogens with one attached hydrogen (secondary N) is 1. The molecular weight excluding hydrogens is 268 g/mol. The van der Waals surface area contributed by atoms with Crippen LogP contribution in [0.4, 0.5) is 0 Å². The number of hydrogen-bond donors (Lipinski definition) is 2. The van der Waals surface area contributed by atoms with Gasteiger partial charge in [-0.3, -0.25) is 0 Å². The lowest BCUT2D eigenvalue weighted by Gasteiger charge is -2.19. The Bertz CT molecular complexity index is 331. The van der Waals surface area contributed by atoms with Crippen LogP contribution in [-0.4, -0.2) is 20.2 Å². The van der Waals surface area contributed by atoms with Crippen molar-refractivity contribution in [2.75, 3.05) is 20.2 Å². The summed E-state index contributed by atoms with van der Waals surface area (Å²) in [4.78, 5) is 0. The summed E-state index contributed by atoms with van der Waals surface area (Å²) in [7, 11) is 1.67. The molecule has 16 heavy (non-hydrogen) atoms.